The fraction of sp³-hybridized carbons (Fsp3) is 0.250. The SMILES string of the molecule is CN(CC#Cc1ccc2c(c1)C1(C(=O)N2C(=O)OCc2ccc([N+](=O)[O-])cc2)C(C(=O)N2CCN(Cc3ccc4c(c3)OCO4)CC2)C2C(=O)OC(c3ccccc3)C(c3ccccc3)N2C1c1ccc(O)cc1)Cc1ccccc1. The van der Waals surface area contributed by atoms with E-state index in [4.69, 9.17) is 18.9 Å². The molecule has 17 heteroatoms. The summed E-state index contributed by atoms with van der Waals surface area (Å²) < 4.78 is 23.9. The zero-order chi connectivity index (χ0) is 55.8. The molecule has 12 rings (SSSR count). The number of nitrogens with zero attached hydrogens (tertiary/aromatic N) is 6. The van der Waals surface area contributed by atoms with Crippen molar-refractivity contribution in [1.29, 1.82) is 0 Å². The molecule has 0 saturated carbocycles. The summed E-state index contributed by atoms with van der Waals surface area (Å²) >= 11 is 0. The summed E-state index contributed by atoms with van der Waals surface area (Å²) in [6.45, 7) is 2.73. The zero-order valence-electron chi connectivity index (χ0n) is 44.2. The predicted molar refractivity (Wildman–Crippen MR) is 297 cm³/mol. The molecular weight excluding hydrogens is 1030 g/mol. The van der Waals surface area contributed by atoms with Crippen LogP contribution in [0.15, 0.2) is 176 Å². The Bertz CT molecular complexity index is 3590. The minimum Gasteiger partial charge on any atom is -0.508 e. The van der Waals surface area contributed by atoms with Crippen LogP contribution in [-0.2, 0) is 49.0 Å². The fourth-order valence-electron chi connectivity index (χ4n) is 12.4. The van der Waals surface area contributed by atoms with Crippen molar-refractivity contribution >= 4 is 35.3 Å². The van der Waals surface area contributed by atoms with Crippen molar-refractivity contribution in [2.24, 2.45) is 5.92 Å². The van der Waals surface area contributed by atoms with Crippen molar-refractivity contribution < 1.29 is 48.2 Å². The van der Waals surface area contributed by atoms with Gasteiger partial charge in [-0.25, -0.2) is 9.69 Å². The van der Waals surface area contributed by atoms with Gasteiger partial charge in [0, 0.05) is 57.0 Å². The van der Waals surface area contributed by atoms with E-state index in [1.165, 1.54) is 36.4 Å². The van der Waals surface area contributed by atoms with Crippen molar-refractivity contribution in [3.63, 3.8) is 0 Å². The van der Waals surface area contributed by atoms with Crippen LogP contribution in [0.3, 0.4) is 0 Å². The monoisotopic (exact) mass is 1080 g/mol. The third kappa shape index (κ3) is 9.88. The Hall–Kier alpha value is -9.34. The number of nitro benzene ring substituents is 1. The van der Waals surface area contributed by atoms with Crippen LogP contribution in [0.5, 0.6) is 17.2 Å². The number of imide groups is 1. The number of benzene rings is 7. The molecule has 0 radical (unpaired) electrons. The van der Waals surface area contributed by atoms with E-state index in [2.05, 4.69) is 21.6 Å². The number of ether oxygens (including phenoxy) is 4. The van der Waals surface area contributed by atoms with Gasteiger partial charge in [-0.15, -0.1) is 0 Å². The van der Waals surface area contributed by atoms with Gasteiger partial charge in [-0.3, -0.25) is 39.2 Å². The van der Waals surface area contributed by atoms with Gasteiger partial charge in [0.1, 0.15) is 29.9 Å². The standard InChI is InChI=1S/C64H56N6O11/c1-65(38-43-12-5-2-6-13-43)31-11-14-42-21-29-52-51(36-42)64(62(74)68(52)63(75)78-40-44-19-25-49(26-20-44)70(76)77)55(60(72)67-34-32-66(33-35-67)39-45-22-30-53-54(37-45)80-41-79-53)57-61(73)81-58(47-17-9-4-10-18-47)56(46-15-7-3-8-16-46)69(57)59(64)48-23-27-50(71)28-24-48/h2-10,12-13,15-30,36-37,55-59,71H,31-35,38-41H2,1H3. The maximum absolute atomic E-state index is 16.9. The molecular formula is C64H56N6O11. The molecule has 17 nitrogen and oxygen atoms in total. The van der Waals surface area contributed by atoms with Crippen LogP contribution in [0.2, 0.25) is 0 Å². The maximum Gasteiger partial charge on any atom is 0.421 e. The minimum atomic E-state index is -2.09. The third-order valence-corrected chi connectivity index (χ3v) is 16.0. The van der Waals surface area contributed by atoms with Gasteiger partial charge in [0.2, 0.25) is 18.6 Å². The molecule has 1 spiro atoms. The Morgan fingerprint density at radius 1 is 0.741 bits per heavy atom. The lowest BCUT2D eigenvalue weighted by molar-refractivity contribution is -0.384. The summed E-state index contributed by atoms with van der Waals surface area (Å²) in [6, 6.07) is 48.3. The number of phenols is 1. The van der Waals surface area contributed by atoms with Gasteiger partial charge in [-0.05, 0) is 101 Å². The van der Waals surface area contributed by atoms with E-state index in [1.54, 1.807) is 35.2 Å². The van der Waals surface area contributed by atoms with Crippen LogP contribution in [-0.4, -0.2) is 106 Å². The summed E-state index contributed by atoms with van der Waals surface area (Å²) in [6.07, 6.45) is -2.02. The number of amides is 3. The summed E-state index contributed by atoms with van der Waals surface area (Å²) in [7, 11) is 1.97. The zero-order valence-corrected chi connectivity index (χ0v) is 44.2. The average Bonchev–Trinajstić information content (AvgIpc) is 1.78. The fourth-order valence-corrected chi connectivity index (χ4v) is 12.4. The van der Waals surface area contributed by atoms with Gasteiger partial charge in [0.25, 0.3) is 5.69 Å². The number of esters is 1. The number of hydrogen-bond donors (Lipinski definition) is 1. The van der Waals surface area contributed by atoms with E-state index in [-0.39, 0.29) is 49.2 Å². The number of morpholine rings is 1. The van der Waals surface area contributed by atoms with Crippen molar-refractivity contribution in [3.8, 4) is 29.1 Å². The van der Waals surface area contributed by atoms with Crippen molar-refractivity contribution in [2.45, 2.75) is 49.3 Å². The van der Waals surface area contributed by atoms with Crippen molar-refractivity contribution in [2.75, 3.05) is 51.5 Å². The Kier molecular flexibility index (Phi) is 14.3. The number of carbonyl (C=O) groups excluding carboxylic acids is 4. The highest BCUT2D eigenvalue weighted by atomic mass is 16.7. The average molecular weight is 1090 g/mol. The van der Waals surface area contributed by atoms with E-state index >= 15 is 19.2 Å². The number of piperazine rings is 1. The number of phenolic OH excluding ortho intramolecular Hbond substituents is 1. The maximum atomic E-state index is 16.9. The number of cyclic esters (lactones) is 1. The largest absolute Gasteiger partial charge is 0.508 e. The quantitative estimate of drug-likeness (QED) is 0.0530. The molecule has 0 aliphatic carbocycles. The second-order valence-electron chi connectivity index (χ2n) is 21.0. The molecule has 3 amide bonds. The number of anilines is 1. The first-order valence-electron chi connectivity index (χ1n) is 26.8. The summed E-state index contributed by atoms with van der Waals surface area (Å²) in [5.41, 5.74) is 3.05. The first-order valence-corrected chi connectivity index (χ1v) is 26.8. The highest BCUT2D eigenvalue weighted by Crippen LogP contribution is 2.66. The molecule has 5 aliphatic heterocycles. The lowest BCUT2D eigenvalue weighted by Gasteiger charge is -2.46. The molecule has 1 N–H and O–H groups in total. The van der Waals surface area contributed by atoms with Gasteiger partial charge in [-0.2, -0.15) is 0 Å². The number of carbonyl (C=O) groups is 4. The van der Waals surface area contributed by atoms with Crippen LogP contribution in [0, 0.1) is 27.9 Å². The van der Waals surface area contributed by atoms with E-state index < -0.39 is 64.4 Å². The number of nitro groups is 1. The lowest BCUT2D eigenvalue weighted by atomic mass is 9.65. The van der Waals surface area contributed by atoms with Crippen molar-refractivity contribution in [3.05, 3.63) is 231 Å². The van der Waals surface area contributed by atoms with Gasteiger partial charge >= 0.3 is 12.1 Å². The minimum absolute atomic E-state index is 0.0576. The van der Waals surface area contributed by atoms with E-state index in [0.717, 1.165) is 21.6 Å². The Morgan fingerprint density at radius 2 is 1.41 bits per heavy atom. The lowest BCUT2D eigenvalue weighted by Crippen LogP contribution is -2.59. The molecule has 0 aromatic heterocycles. The molecule has 6 unspecified atom stereocenters. The first kappa shape index (κ1) is 52.4. The number of fused-ring (bicyclic) bond motifs is 4. The van der Waals surface area contributed by atoms with Crippen LogP contribution in [0.1, 0.15) is 62.7 Å². The van der Waals surface area contributed by atoms with Crippen LogP contribution >= 0.6 is 0 Å². The van der Waals surface area contributed by atoms with Gasteiger partial charge in [-0.1, -0.05) is 121 Å². The van der Waals surface area contributed by atoms with Gasteiger partial charge in [0.15, 0.2) is 11.5 Å². The molecule has 5 aliphatic rings. The van der Waals surface area contributed by atoms with Gasteiger partial charge < -0.3 is 29.0 Å². The Labute approximate surface area is 467 Å². The second-order valence-corrected chi connectivity index (χ2v) is 21.0. The highest BCUT2D eigenvalue weighted by molar-refractivity contribution is 6.23. The Balaban J connectivity index is 1.02. The van der Waals surface area contributed by atoms with Crippen LogP contribution < -0.4 is 14.4 Å². The van der Waals surface area contributed by atoms with Crippen LogP contribution in [0.25, 0.3) is 0 Å². The number of aromatic hydroxyl groups is 1. The molecule has 3 saturated heterocycles. The summed E-state index contributed by atoms with van der Waals surface area (Å²) in [4.78, 5) is 84.1. The number of non-ortho nitro benzene ring substituents is 1. The molecule has 81 heavy (non-hydrogen) atoms. The molecule has 6 atom stereocenters. The molecule has 5 heterocycles. The van der Waals surface area contributed by atoms with E-state index in [1.807, 2.05) is 121 Å². The van der Waals surface area contributed by atoms with Crippen molar-refractivity contribution in [1.82, 2.24) is 19.6 Å². The molecule has 0 bridgehead atoms. The summed E-state index contributed by atoms with van der Waals surface area (Å²) in [5, 5.41) is 22.5. The molecule has 7 aromatic rings. The van der Waals surface area contributed by atoms with E-state index in [0.29, 0.717) is 66.5 Å². The molecule has 7 aromatic carbocycles. The molecule has 3 fully saturated rings. The Morgan fingerprint density at radius 3 is 2.11 bits per heavy atom. The number of rotatable bonds is 12. The predicted octanol–water partition coefficient (Wildman–Crippen LogP) is 8.86. The second kappa shape index (κ2) is 22.1. The van der Waals surface area contributed by atoms with Crippen LogP contribution in [0.4, 0.5) is 16.2 Å². The molecule has 408 valence electrons. The van der Waals surface area contributed by atoms with E-state index in [9.17, 15) is 15.2 Å². The third-order valence-electron chi connectivity index (χ3n) is 16.0. The first-order chi connectivity index (χ1) is 39.5. The smallest absolute Gasteiger partial charge is 0.421 e. The normalized spacial score (nSPS) is 22.0. The highest BCUT2D eigenvalue weighted by Gasteiger charge is 2.76. The topological polar surface area (TPSA) is 185 Å². The van der Waals surface area contributed by atoms with Gasteiger partial charge in [0.05, 0.1) is 35.2 Å². The number of hydrogen-bond acceptors (Lipinski definition) is 14. The summed E-state index contributed by atoms with van der Waals surface area (Å²) in [5.74, 6) is 4.33.